The Morgan fingerprint density at radius 2 is 2.00 bits per heavy atom. The molecule has 0 aromatic rings. The van der Waals surface area contributed by atoms with Crippen LogP contribution in [0.3, 0.4) is 0 Å². The summed E-state index contributed by atoms with van der Waals surface area (Å²) in [4.78, 5) is 11.6. The summed E-state index contributed by atoms with van der Waals surface area (Å²) in [7, 11) is -1.71. The Kier molecular flexibility index (Phi) is 3.20. The molecule has 13 heavy (non-hydrogen) atoms. The van der Waals surface area contributed by atoms with E-state index >= 15 is 0 Å². The maximum Gasteiger partial charge on any atom is 0.191 e. The largest absolute Gasteiger partial charge is 0.394 e. The molecule has 0 aliphatic heterocycles. The van der Waals surface area contributed by atoms with Crippen LogP contribution in [-0.2, 0) is 9.22 Å². The van der Waals surface area contributed by atoms with Gasteiger partial charge in [-0.3, -0.25) is 4.79 Å². The zero-order valence-electron chi connectivity index (χ0n) is 8.52. The first kappa shape index (κ1) is 11.2. The maximum atomic E-state index is 11.6. The highest BCUT2D eigenvalue weighted by molar-refractivity contribution is 6.70. The topological polar surface area (TPSA) is 26.3 Å². The maximum absolute atomic E-state index is 11.6. The Labute approximate surface area is 85.7 Å². The molecule has 0 radical (unpaired) electrons. The summed E-state index contributed by atoms with van der Waals surface area (Å²) in [5.74, 6) is 0.0721. The molecule has 76 valence electrons. The highest BCUT2D eigenvalue weighted by Gasteiger charge is 2.41. The molecule has 0 amide bonds. The molecule has 4 heteroatoms. The minimum atomic E-state index is -1.71. The van der Waals surface area contributed by atoms with Gasteiger partial charge in [0.15, 0.2) is 19.2 Å². The van der Waals surface area contributed by atoms with Crippen molar-refractivity contribution in [3.8, 4) is 0 Å². The smallest absolute Gasteiger partial charge is 0.191 e. The Bertz CT molecular complexity index is 212. The van der Waals surface area contributed by atoms with Crippen LogP contribution in [0.4, 0.5) is 0 Å². The van der Waals surface area contributed by atoms with E-state index in [1.54, 1.807) is 0 Å². The molecule has 0 aromatic heterocycles. The molecule has 1 aliphatic rings. The third-order valence-corrected chi connectivity index (χ3v) is 3.60. The van der Waals surface area contributed by atoms with Crippen LogP contribution < -0.4 is 0 Å². The molecule has 0 aromatic carbocycles. The minimum Gasteiger partial charge on any atom is -0.394 e. The molecule has 0 heterocycles. The normalized spacial score (nSPS) is 30.6. The van der Waals surface area contributed by atoms with Crippen molar-refractivity contribution in [1.82, 2.24) is 0 Å². The van der Waals surface area contributed by atoms with E-state index in [1.165, 1.54) is 0 Å². The highest BCUT2D eigenvalue weighted by atomic mass is 35.5. The van der Waals surface area contributed by atoms with Gasteiger partial charge in [-0.2, -0.15) is 0 Å². The quantitative estimate of drug-likeness (QED) is 0.529. The van der Waals surface area contributed by atoms with Crippen LogP contribution in [0.5, 0.6) is 0 Å². The van der Waals surface area contributed by atoms with Gasteiger partial charge in [0.2, 0.25) is 0 Å². The molecule has 0 saturated heterocycles. The highest BCUT2D eigenvalue weighted by Crippen LogP contribution is 2.34. The molecule has 1 aliphatic carbocycles. The second-order valence-corrected chi connectivity index (χ2v) is 9.61. The van der Waals surface area contributed by atoms with E-state index < -0.39 is 13.4 Å². The summed E-state index contributed by atoms with van der Waals surface area (Å²) < 4.78 is 5.73. The molecule has 2 nitrogen and oxygen atoms in total. The summed E-state index contributed by atoms with van der Waals surface area (Å²) >= 11 is 6.17. The number of ketones is 1. The average Bonchev–Trinajstić information content (AvgIpc) is 1.92. The number of carbonyl (C=O) groups is 1. The molecule has 0 N–H and O–H groups in total. The van der Waals surface area contributed by atoms with Gasteiger partial charge in [-0.05, 0) is 38.9 Å². The number of hydrogen-bond donors (Lipinski definition) is 0. The lowest BCUT2D eigenvalue weighted by Crippen LogP contribution is -2.46. The average molecular weight is 221 g/mol. The fourth-order valence-electron chi connectivity index (χ4n) is 1.56. The zero-order valence-corrected chi connectivity index (χ0v) is 10.3. The van der Waals surface area contributed by atoms with Crippen molar-refractivity contribution in [1.29, 1.82) is 0 Å². The molecule has 1 rings (SSSR count). The first-order chi connectivity index (χ1) is 5.83. The molecule has 1 atom stereocenters. The molecule has 0 spiro atoms. The third kappa shape index (κ3) is 3.08. The van der Waals surface area contributed by atoms with Gasteiger partial charge in [0.25, 0.3) is 0 Å². The van der Waals surface area contributed by atoms with Crippen molar-refractivity contribution in [3.63, 3.8) is 0 Å². The van der Waals surface area contributed by atoms with Gasteiger partial charge in [0.1, 0.15) is 0 Å². The lowest BCUT2D eigenvalue weighted by Gasteiger charge is -2.35. The first-order valence-electron chi connectivity index (χ1n) is 4.76. The minimum absolute atomic E-state index is 0.0721. The summed E-state index contributed by atoms with van der Waals surface area (Å²) in [6.07, 6.45) is 3.22. The number of alkyl halides is 1. The van der Waals surface area contributed by atoms with E-state index in [1.807, 2.05) is 0 Å². The number of carbonyl (C=O) groups excluding carboxylic acids is 1. The number of rotatable bonds is 2. The van der Waals surface area contributed by atoms with Crippen molar-refractivity contribution in [3.05, 3.63) is 0 Å². The van der Waals surface area contributed by atoms with Crippen molar-refractivity contribution in [2.45, 2.75) is 50.4 Å². The third-order valence-electron chi connectivity index (χ3n) is 2.04. The monoisotopic (exact) mass is 220 g/mol. The van der Waals surface area contributed by atoms with E-state index in [0.717, 1.165) is 12.8 Å². The molecular formula is C9H17ClO2Si. The van der Waals surface area contributed by atoms with Crippen LogP contribution in [0.2, 0.25) is 19.6 Å². The Morgan fingerprint density at radius 1 is 1.38 bits per heavy atom. The second kappa shape index (κ2) is 3.71. The Hall–Kier alpha value is 0.137. The van der Waals surface area contributed by atoms with Gasteiger partial charge >= 0.3 is 0 Å². The second-order valence-electron chi connectivity index (χ2n) is 4.57. The Morgan fingerprint density at radius 3 is 2.46 bits per heavy atom. The summed E-state index contributed by atoms with van der Waals surface area (Å²) in [6.45, 7) is 6.16. The molecule has 1 fully saturated rings. The molecule has 1 saturated carbocycles. The summed E-state index contributed by atoms with van der Waals surface area (Å²) in [5.41, 5.74) is 0. The van der Waals surface area contributed by atoms with E-state index in [2.05, 4.69) is 19.6 Å². The van der Waals surface area contributed by atoms with Gasteiger partial charge in [0, 0.05) is 6.42 Å². The first-order valence-corrected chi connectivity index (χ1v) is 8.54. The van der Waals surface area contributed by atoms with Crippen molar-refractivity contribution in [2.24, 2.45) is 0 Å². The number of halogens is 1. The predicted octanol–water partition coefficient (Wildman–Crippen LogP) is 2.92. The molecule has 1 unspecified atom stereocenters. The lowest BCUT2D eigenvalue weighted by molar-refractivity contribution is -0.131. The van der Waals surface area contributed by atoms with Crippen molar-refractivity contribution >= 4 is 25.7 Å². The fraction of sp³-hybridized carbons (Fsp3) is 0.889. The summed E-state index contributed by atoms with van der Waals surface area (Å²) in [5, 5.41) is -0.983. The van der Waals surface area contributed by atoms with Gasteiger partial charge in [0.05, 0.1) is 0 Å². The van der Waals surface area contributed by atoms with Crippen LogP contribution >= 0.6 is 11.6 Å². The van der Waals surface area contributed by atoms with Gasteiger partial charge < -0.3 is 4.43 Å². The van der Waals surface area contributed by atoms with Gasteiger partial charge in [-0.1, -0.05) is 11.6 Å². The zero-order chi connectivity index (χ0) is 10.1. The fourth-order valence-corrected chi connectivity index (χ4v) is 3.67. The van der Waals surface area contributed by atoms with Crippen LogP contribution in [-0.4, -0.2) is 19.2 Å². The number of hydrogen-bond acceptors (Lipinski definition) is 2. The van der Waals surface area contributed by atoms with Crippen molar-refractivity contribution in [2.75, 3.05) is 0 Å². The van der Waals surface area contributed by atoms with Crippen molar-refractivity contribution < 1.29 is 9.22 Å². The summed E-state index contributed by atoms with van der Waals surface area (Å²) in [6, 6.07) is 0. The van der Waals surface area contributed by atoms with E-state index in [9.17, 15) is 4.79 Å². The van der Waals surface area contributed by atoms with E-state index in [-0.39, 0.29) is 5.78 Å². The van der Waals surface area contributed by atoms with E-state index in [4.69, 9.17) is 16.0 Å². The predicted molar refractivity (Wildman–Crippen MR) is 56.5 cm³/mol. The van der Waals surface area contributed by atoms with Gasteiger partial charge in [-0.25, -0.2) is 0 Å². The van der Waals surface area contributed by atoms with Crippen LogP contribution in [0, 0.1) is 0 Å². The Balaban J connectivity index is 2.68. The molecule has 0 bridgehead atoms. The lowest BCUT2D eigenvalue weighted by atomic mass is 9.96. The van der Waals surface area contributed by atoms with Gasteiger partial charge in [-0.15, -0.1) is 0 Å². The molecular weight excluding hydrogens is 204 g/mol. The number of Topliss-reactive ketones (excluding diaryl/α,β-unsaturated/α-hetero) is 1. The standard InChI is InChI=1S/C9H17ClO2Si/c1-13(2,3)12-9(10)7-5-4-6-8(9)11/h4-7H2,1-3H3. The van der Waals surface area contributed by atoms with E-state index in [0.29, 0.717) is 12.8 Å². The van der Waals surface area contributed by atoms with Crippen LogP contribution in [0.25, 0.3) is 0 Å². The van der Waals surface area contributed by atoms with Crippen LogP contribution in [0.15, 0.2) is 0 Å². The van der Waals surface area contributed by atoms with Crippen LogP contribution in [0.1, 0.15) is 25.7 Å². The SMILES string of the molecule is C[Si](C)(C)OC1(Cl)CCCCC1=O.